The molecular weight excluding hydrogens is 777 g/mol. The van der Waals surface area contributed by atoms with Crippen LogP contribution >= 0.6 is 34.4 Å². The molecule has 2 atom stereocenters. The van der Waals surface area contributed by atoms with Crippen LogP contribution in [0.25, 0.3) is 0 Å². The normalized spacial score (nSPS) is 14.4. The Balaban J connectivity index is 0.000000608. The first-order valence-corrected chi connectivity index (χ1v) is 23.6. The Labute approximate surface area is 358 Å². The maximum absolute atomic E-state index is 4.08. The topological polar surface area (TPSA) is 0 Å². The van der Waals surface area contributed by atoms with E-state index in [1.807, 2.05) is 42.1 Å². The van der Waals surface area contributed by atoms with Crippen LogP contribution in [0, 0.1) is 0 Å². The molecule has 58 heavy (non-hydrogen) atoms. The summed E-state index contributed by atoms with van der Waals surface area (Å²) >= 11 is 5.91. The van der Waals surface area contributed by atoms with Gasteiger partial charge in [0, 0.05) is 40.2 Å². The summed E-state index contributed by atoms with van der Waals surface area (Å²) in [6.45, 7) is 0. The quantitative estimate of drug-likeness (QED) is 0.106. The zero-order valence-electron chi connectivity index (χ0n) is 32.1. The van der Waals surface area contributed by atoms with E-state index in [0.717, 1.165) is 11.3 Å². The second kappa shape index (κ2) is 19.4. The van der Waals surface area contributed by atoms with E-state index in [-0.39, 0.29) is 10.9 Å². The van der Waals surface area contributed by atoms with Crippen LogP contribution in [-0.4, -0.2) is 0 Å². The molecule has 0 saturated carbocycles. The maximum Gasteiger partial charge on any atom is 0.166 e. The van der Waals surface area contributed by atoms with Gasteiger partial charge in [-0.05, 0) is 133 Å². The van der Waals surface area contributed by atoms with Gasteiger partial charge in [0.25, 0.3) is 0 Å². The van der Waals surface area contributed by atoms with Crippen LogP contribution in [0.1, 0.15) is 17.9 Å². The summed E-state index contributed by atoms with van der Waals surface area (Å²) in [5, 5.41) is 0. The van der Waals surface area contributed by atoms with Crippen LogP contribution < -0.4 is 0 Å². The van der Waals surface area contributed by atoms with Gasteiger partial charge in [0.1, 0.15) is 0 Å². The fourth-order valence-electron chi connectivity index (χ4n) is 7.27. The number of thiol groups is 1. The average molecular weight is 822 g/mol. The van der Waals surface area contributed by atoms with E-state index in [9.17, 15) is 0 Å². The Bertz CT molecular complexity index is 2420. The summed E-state index contributed by atoms with van der Waals surface area (Å²) < 4.78 is 0. The van der Waals surface area contributed by atoms with Crippen LogP contribution in [-0.2, 0) is 10.9 Å². The Hall–Kier alpha value is -5.36. The van der Waals surface area contributed by atoms with Crippen molar-refractivity contribution in [3.8, 4) is 0 Å². The van der Waals surface area contributed by atoms with Gasteiger partial charge in [0.2, 0.25) is 0 Å². The fraction of sp³-hybridized carbons (Fsp3) is 0.0370. The van der Waals surface area contributed by atoms with Gasteiger partial charge < -0.3 is 0 Å². The minimum Gasteiger partial charge on any atom is -0.143 e. The molecule has 1 aliphatic carbocycles. The van der Waals surface area contributed by atoms with E-state index in [1.165, 1.54) is 49.6 Å². The molecule has 0 fully saturated rings. The van der Waals surface area contributed by atoms with Gasteiger partial charge in [0.15, 0.2) is 14.7 Å². The Morgan fingerprint density at radius 2 is 0.828 bits per heavy atom. The molecule has 0 N–H and O–H groups in total. The van der Waals surface area contributed by atoms with Crippen molar-refractivity contribution in [2.75, 3.05) is 0 Å². The molecule has 2 unspecified atom stereocenters. The molecule has 0 radical (unpaired) electrons. The molecule has 8 aromatic carbocycles. The summed E-state index contributed by atoms with van der Waals surface area (Å²) in [5.74, 6) is 0.432. The van der Waals surface area contributed by atoms with Crippen molar-refractivity contribution in [3.63, 3.8) is 0 Å². The monoisotopic (exact) mass is 821 g/mol. The third-order valence-electron chi connectivity index (χ3n) is 10.0. The molecule has 0 spiro atoms. The number of benzene rings is 8. The molecule has 4 heteroatoms. The van der Waals surface area contributed by atoms with E-state index in [0.29, 0.717) is 5.92 Å². The van der Waals surface area contributed by atoms with Crippen molar-refractivity contribution in [1.29, 1.82) is 0 Å². The SMILES string of the molecule is C1=CC(c2ccccc2)CC=C1[S+](c1ccccc1)c1ccc(Sc2ccc(S(c3ccccc3)(c3ccccc3)c3ccccc3)cc2)cc1.Sc1ccccc1. The van der Waals surface area contributed by atoms with E-state index in [2.05, 4.69) is 231 Å². The van der Waals surface area contributed by atoms with Crippen molar-refractivity contribution in [3.05, 3.63) is 259 Å². The first kappa shape index (κ1) is 39.5. The fourth-order valence-corrected chi connectivity index (χ4v) is 14.3. The number of hydrogen-bond acceptors (Lipinski definition) is 2. The Morgan fingerprint density at radius 3 is 1.26 bits per heavy atom. The molecule has 0 nitrogen and oxygen atoms in total. The summed E-state index contributed by atoms with van der Waals surface area (Å²) in [6, 6.07) is 83.3. The van der Waals surface area contributed by atoms with Gasteiger partial charge in [-0.1, -0.05) is 139 Å². The molecule has 1 aliphatic rings. The third-order valence-corrected chi connectivity index (χ3v) is 17.5. The zero-order chi connectivity index (χ0) is 39.4. The highest BCUT2D eigenvalue weighted by atomic mass is 32.3. The Morgan fingerprint density at radius 1 is 0.431 bits per heavy atom. The molecular formula is C54H45S4+. The molecule has 0 bridgehead atoms. The molecule has 0 saturated heterocycles. The summed E-state index contributed by atoms with van der Waals surface area (Å²) in [6.07, 6.45) is 8.24. The highest BCUT2D eigenvalue weighted by Gasteiger charge is 2.34. The van der Waals surface area contributed by atoms with Gasteiger partial charge in [0.05, 0.1) is 10.9 Å². The van der Waals surface area contributed by atoms with Crippen LogP contribution in [0.3, 0.4) is 0 Å². The van der Waals surface area contributed by atoms with Crippen LogP contribution in [0.4, 0.5) is 0 Å². The number of rotatable bonds is 10. The van der Waals surface area contributed by atoms with Gasteiger partial charge in [-0.25, -0.2) is 0 Å². The first-order valence-electron chi connectivity index (χ1n) is 19.5. The molecule has 0 amide bonds. The molecule has 9 rings (SSSR count). The lowest BCUT2D eigenvalue weighted by molar-refractivity contribution is 0.851. The molecule has 0 aromatic heterocycles. The van der Waals surface area contributed by atoms with Crippen molar-refractivity contribution in [1.82, 2.24) is 0 Å². The highest BCUT2D eigenvalue weighted by Crippen LogP contribution is 2.73. The number of allylic oxidation sites excluding steroid dienone is 3. The largest absolute Gasteiger partial charge is 0.166 e. The van der Waals surface area contributed by atoms with Crippen molar-refractivity contribution in [2.24, 2.45) is 0 Å². The zero-order valence-corrected chi connectivity index (χ0v) is 35.5. The lowest BCUT2D eigenvalue weighted by atomic mass is 9.93. The number of hydrogen-bond donors (Lipinski definition) is 1. The van der Waals surface area contributed by atoms with E-state index in [1.54, 1.807) is 0 Å². The lowest BCUT2D eigenvalue weighted by Crippen LogP contribution is -2.09. The van der Waals surface area contributed by atoms with Crippen molar-refractivity contribution < 1.29 is 0 Å². The van der Waals surface area contributed by atoms with Crippen molar-refractivity contribution >= 4 is 45.3 Å². The molecule has 8 aromatic rings. The summed E-state index contributed by atoms with van der Waals surface area (Å²) in [4.78, 5) is 12.9. The predicted octanol–water partition coefficient (Wildman–Crippen LogP) is 15.8. The second-order valence-corrected chi connectivity index (χ2v) is 20.6. The first-order chi connectivity index (χ1) is 28.7. The maximum atomic E-state index is 4.08. The standard InChI is InChI=1S/C48H39S3.C6H6S/c1-6-16-38(17-7-1)39-26-32-43(33-27-39)50(42-18-8-2-9-19-42)44-34-28-40(29-35-44)49-41-30-36-48(37-31-41)51(45-20-10-3-11-21-45,46-22-12-4-13-23-46)47-24-14-5-15-25-47;7-6-4-2-1-3-5-6/h1-26,28-37,39H,27H2;1-5,7H/q+1;. The van der Waals surface area contributed by atoms with Gasteiger partial charge in [-0.3, -0.25) is 0 Å². The average Bonchev–Trinajstić information content (AvgIpc) is 3.30. The smallest absolute Gasteiger partial charge is 0.143 e. The van der Waals surface area contributed by atoms with E-state index in [4.69, 9.17) is 0 Å². The molecule has 0 heterocycles. The highest BCUT2D eigenvalue weighted by molar-refractivity contribution is 8.34. The third kappa shape index (κ3) is 9.17. The van der Waals surface area contributed by atoms with Gasteiger partial charge >= 0.3 is 0 Å². The second-order valence-electron chi connectivity index (χ2n) is 13.8. The van der Waals surface area contributed by atoms with Crippen molar-refractivity contribution in [2.45, 2.75) is 56.4 Å². The van der Waals surface area contributed by atoms with Gasteiger partial charge in [-0.15, -0.1) is 22.7 Å². The van der Waals surface area contributed by atoms with E-state index >= 15 is 0 Å². The predicted molar refractivity (Wildman–Crippen MR) is 252 cm³/mol. The van der Waals surface area contributed by atoms with Crippen LogP contribution in [0.2, 0.25) is 0 Å². The van der Waals surface area contributed by atoms with Crippen LogP contribution in [0.5, 0.6) is 0 Å². The van der Waals surface area contributed by atoms with Gasteiger partial charge in [-0.2, -0.15) is 0 Å². The Kier molecular flexibility index (Phi) is 13.2. The minimum absolute atomic E-state index is 0.164. The molecule has 0 aliphatic heterocycles. The lowest BCUT2D eigenvalue weighted by Gasteiger charge is -2.42. The molecule has 284 valence electrons. The summed E-state index contributed by atoms with van der Waals surface area (Å²) in [7, 11) is -1.86. The van der Waals surface area contributed by atoms with Crippen LogP contribution in [0.15, 0.2) is 298 Å². The summed E-state index contributed by atoms with van der Waals surface area (Å²) in [5.41, 5.74) is 1.38. The van der Waals surface area contributed by atoms with E-state index < -0.39 is 10.0 Å². The minimum atomic E-state index is -1.69.